The molecular weight excluding hydrogens is 285 g/mol. The van der Waals surface area contributed by atoms with E-state index < -0.39 is 20.7 Å². The summed E-state index contributed by atoms with van der Waals surface area (Å²) in [7, 11) is -2.27. The van der Waals surface area contributed by atoms with Crippen LogP contribution in [0.25, 0.3) is 0 Å². The second-order valence-corrected chi connectivity index (χ2v) is 6.11. The van der Waals surface area contributed by atoms with Crippen LogP contribution in [-0.4, -0.2) is 33.8 Å². The van der Waals surface area contributed by atoms with Gasteiger partial charge in [-0.25, -0.2) is 17.5 Å². The third-order valence-electron chi connectivity index (χ3n) is 2.79. The Morgan fingerprint density at radius 2 is 2.05 bits per heavy atom. The summed E-state index contributed by atoms with van der Waals surface area (Å²) in [5, 5.41) is 8.97. The average molecular weight is 305 g/mol. The van der Waals surface area contributed by atoms with Gasteiger partial charge in [-0.05, 0) is 37.0 Å². The smallest absolute Gasteiger partial charge is 0.243 e. The van der Waals surface area contributed by atoms with Gasteiger partial charge in [-0.15, -0.1) is 0 Å². The maximum Gasteiger partial charge on any atom is 0.243 e. The molecule has 0 saturated heterocycles. The van der Waals surface area contributed by atoms with Gasteiger partial charge in [0.2, 0.25) is 10.0 Å². The highest BCUT2D eigenvalue weighted by atomic mass is 32.2. The number of ether oxygens (including phenoxy) is 1. The molecule has 0 aliphatic rings. The molecule has 0 amide bonds. The maximum absolute atomic E-state index is 13.6. The van der Waals surface area contributed by atoms with Gasteiger partial charge in [0, 0.05) is 20.3 Å². The number of sulfonamides is 1. The standard InChI is InChI=1S/C13H20FNO4S/c1-19-8-4-2-3-7-15-20(17,18)13-9-11(10-16)5-6-12(13)14/h5-6,9,15-16H,2-4,7-8,10H2,1H3. The molecule has 7 heteroatoms. The van der Waals surface area contributed by atoms with Crippen molar-refractivity contribution in [2.45, 2.75) is 30.8 Å². The van der Waals surface area contributed by atoms with Gasteiger partial charge >= 0.3 is 0 Å². The largest absolute Gasteiger partial charge is 0.392 e. The Kier molecular flexibility index (Phi) is 7.08. The fourth-order valence-corrected chi connectivity index (χ4v) is 2.88. The fraction of sp³-hybridized carbons (Fsp3) is 0.538. The summed E-state index contributed by atoms with van der Waals surface area (Å²) in [6, 6.07) is 3.53. The van der Waals surface area contributed by atoms with Crippen LogP contribution in [0.5, 0.6) is 0 Å². The van der Waals surface area contributed by atoms with E-state index in [1.165, 1.54) is 6.07 Å². The van der Waals surface area contributed by atoms with Gasteiger partial charge in [0.15, 0.2) is 0 Å². The number of halogens is 1. The van der Waals surface area contributed by atoms with E-state index in [-0.39, 0.29) is 13.2 Å². The van der Waals surface area contributed by atoms with E-state index in [4.69, 9.17) is 9.84 Å². The summed E-state index contributed by atoms with van der Waals surface area (Å²) >= 11 is 0. The number of aliphatic hydroxyl groups is 1. The first-order chi connectivity index (χ1) is 9.51. The van der Waals surface area contributed by atoms with E-state index in [0.29, 0.717) is 18.6 Å². The lowest BCUT2D eigenvalue weighted by molar-refractivity contribution is 0.192. The summed E-state index contributed by atoms with van der Waals surface area (Å²) < 4.78 is 44.7. The van der Waals surface area contributed by atoms with Crippen LogP contribution in [0.1, 0.15) is 24.8 Å². The molecule has 0 bridgehead atoms. The fourth-order valence-electron chi connectivity index (χ4n) is 1.68. The zero-order valence-electron chi connectivity index (χ0n) is 11.4. The van der Waals surface area contributed by atoms with E-state index >= 15 is 0 Å². The van der Waals surface area contributed by atoms with E-state index in [9.17, 15) is 12.8 Å². The van der Waals surface area contributed by atoms with Crippen LogP contribution >= 0.6 is 0 Å². The quantitative estimate of drug-likeness (QED) is 0.677. The van der Waals surface area contributed by atoms with Gasteiger partial charge in [-0.2, -0.15) is 0 Å². The minimum Gasteiger partial charge on any atom is -0.392 e. The molecule has 0 unspecified atom stereocenters. The predicted octanol–water partition coefficient (Wildman–Crippen LogP) is 1.41. The summed E-state index contributed by atoms with van der Waals surface area (Å²) in [6.07, 6.45) is 2.34. The molecule has 0 saturated carbocycles. The molecule has 0 aromatic heterocycles. The Balaban J connectivity index is 2.60. The van der Waals surface area contributed by atoms with Crippen LogP contribution in [0.3, 0.4) is 0 Å². The predicted molar refractivity (Wildman–Crippen MR) is 73.2 cm³/mol. The molecule has 0 radical (unpaired) electrons. The average Bonchev–Trinajstić information content (AvgIpc) is 2.43. The molecule has 1 aromatic carbocycles. The Morgan fingerprint density at radius 3 is 2.70 bits per heavy atom. The molecule has 114 valence electrons. The second kappa shape index (κ2) is 8.31. The van der Waals surface area contributed by atoms with Crippen molar-refractivity contribution in [2.75, 3.05) is 20.3 Å². The number of nitrogens with one attached hydrogen (secondary N) is 1. The molecule has 0 aliphatic heterocycles. The van der Waals surface area contributed by atoms with Gasteiger partial charge < -0.3 is 9.84 Å². The molecule has 2 N–H and O–H groups in total. The monoisotopic (exact) mass is 305 g/mol. The normalized spacial score (nSPS) is 11.8. The first kappa shape index (κ1) is 17.0. The molecule has 0 aliphatic carbocycles. The van der Waals surface area contributed by atoms with E-state index in [1.54, 1.807) is 7.11 Å². The second-order valence-electron chi connectivity index (χ2n) is 4.37. The first-order valence-corrected chi connectivity index (χ1v) is 7.87. The molecule has 1 aromatic rings. The van der Waals surface area contributed by atoms with Crippen molar-refractivity contribution in [1.82, 2.24) is 4.72 Å². The van der Waals surface area contributed by atoms with Gasteiger partial charge in [-0.3, -0.25) is 0 Å². The van der Waals surface area contributed by atoms with Crippen molar-refractivity contribution >= 4 is 10.0 Å². The lowest BCUT2D eigenvalue weighted by atomic mass is 10.2. The number of hydrogen-bond acceptors (Lipinski definition) is 4. The first-order valence-electron chi connectivity index (χ1n) is 6.39. The summed E-state index contributed by atoms with van der Waals surface area (Å²) in [5.41, 5.74) is 0.354. The molecular formula is C13H20FNO4S. The molecule has 0 fully saturated rings. The number of aliphatic hydroxyl groups excluding tert-OH is 1. The third kappa shape index (κ3) is 5.16. The van der Waals surface area contributed by atoms with Crippen LogP contribution in [0.2, 0.25) is 0 Å². The van der Waals surface area contributed by atoms with Crippen LogP contribution in [0.15, 0.2) is 23.1 Å². The number of rotatable bonds is 9. The van der Waals surface area contributed by atoms with Crippen molar-refractivity contribution in [3.8, 4) is 0 Å². The van der Waals surface area contributed by atoms with Crippen LogP contribution < -0.4 is 4.72 Å². The maximum atomic E-state index is 13.6. The number of unbranched alkanes of at least 4 members (excludes halogenated alkanes) is 2. The van der Waals surface area contributed by atoms with E-state index in [1.807, 2.05) is 0 Å². The summed E-state index contributed by atoms with van der Waals surface area (Å²) in [4.78, 5) is -0.430. The highest BCUT2D eigenvalue weighted by Gasteiger charge is 2.18. The summed E-state index contributed by atoms with van der Waals surface area (Å²) in [6.45, 7) is 0.550. The van der Waals surface area contributed by atoms with Gasteiger partial charge in [0.1, 0.15) is 10.7 Å². The highest BCUT2D eigenvalue weighted by molar-refractivity contribution is 7.89. The lowest BCUT2D eigenvalue weighted by Gasteiger charge is -2.09. The Bertz CT molecular complexity index is 519. The Labute approximate surface area is 118 Å². The van der Waals surface area contributed by atoms with Gasteiger partial charge in [0.25, 0.3) is 0 Å². The SMILES string of the molecule is COCCCCCNS(=O)(=O)c1cc(CO)ccc1F. The van der Waals surface area contributed by atoms with Crippen molar-refractivity contribution in [3.63, 3.8) is 0 Å². The van der Waals surface area contributed by atoms with E-state index in [2.05, 4.69) is 4.72 Å². The van der Waals surface area contributed by atoms with Crippen molar-refractivity contribution in [3.05, 3.63) is 29.6 Å². The molecule has 20 heavy (non-hydrogen) atoms. The lowest BCUT2D eigenvalue weighted by Crippen LogP contribution is -2.26. The molecule has 0 atom stereocenters. The van der Waals surface area contributed by atoms with Gasteiger partial charge in [-0.1, -0.05) is 6.07 Å². The highest BCUT2D eigenvalue weighted by Crippen LogP contribution is 2.16. The zero-order chi connectivity index (χ0) is 15.0. The number of methoxy groups -OCH3 is 1. The van der Waals surface area contributed by atoms with Crippen molar-refractivity contribution in [2.24, 2.45) is 0 Å². The zero-order valence-corrected chi connectivity index (χ0v) is 12.2. The van der Waals surface area contributed by atoms with Crippen LogP contribution in [-0.2, 0) is 21.4 Å². The van der Waals surface area contributed by atoms with Crippen molar-refractivity contribution in [1.29, 1.82) is 0 Å². The summed E-state index contributed by atoms with van der Waals surface area (Å²) in [5.74, 6) is -0.825. The minimum absolute atomic E-state index is 0.245. The molecule has 1 rings (SSSR count). The Hall–Kier alpha value is -1.02. The number of hydrogen-bond donors (Lipinski definition) is 2. The third-order valence-corrected chi connectivity index (χ3v) is 4.26. The van der Waals surface area contributed by atoms with Crippen LogP contribution in [0, 0.1) is 5.82 Å². The van der Waals surface area contributed by atoms with Crippen molar-refractivity contribution < 1.29 is 22.7 Å². The molecule has 0 heterocycles. The minimum atomic E-state index is -3.88. The van der Waals surface area contributed by atoms with E-state index in [0.717, 1.165) is 25.0 Å². The topological polar surface area (TPSA) is 75.6 Å². The van der Waals surface area contributed by atoms with Crippen LogP contribution in [0.4, 0.5) is 4.39 Å². The molecule has 5 nitrogen and oxygen atoms in total. The van der Waals surface area contributed by atoms with Gasteiger partial charge in [0.05, 0.1) is 6.61 Å². The number of benzene rings is 1. The molecule has 0 spiro atoms. The Morgan fingerprint density at radius 1 is 1.30 bits per heavy atom.